The number of halogens is 1. The molecule has 0 radical (unpaired) electrons. The number of nitrogens with one attached hydrogen (secondary N) is 4. The van der Waals surface area contributed by atoms with Crippen LogP contribution < -0.4 is 16.0 Å². The number of anilines is 1. The van der Waals surface area contributed by atoms with Crippen LogP contribution in [-0.4, -0.2) is 45.7 Å². The summed E-state index contributed by atoms with van der Waals surface area (Å²) in [6.07, 6.45) is 3.32. The van der Waals surface area contributed by atoms with E-state index in [1.165, 1.54) is 16.1 Å². The van der Waals surface area contributed by atoms with Crippen LogP contribution in [0.1, 0.15) is 24.1 Å². The van der Waals surface area contributed by atoms with Gasteiger partial charge in [-0.05, 0) is 75.5 Å². The third kappa shape index (κ3) is 5.19. The molecular formula is C24H24IN7OS. The first-order chi connectivity index (χ1) is 16.6. The quantitative estimate of drug-likeness (QED) is 0.233. The van der Waals surface area contributed by atoms with Crippen molar-refractivity contribution in [1.82, 2.24) is 30.8 Å². The van der Waals surface area contributed by atoms with Crippen molar-refractivity contribution < 1.29 is 4.79 Å². The summed E-state index contributed by atoms with van der Waals surface area (Å²) in [5.74, 6) is 1.75. The topological polar surface area (TPSA) is 108 Å². The Bertz CT molecular complexity index is 1270. The molecule has 10 heteroatoms. The van der Waals surface area contributed by atoms with E-state index in [-0.39, 0.29) is 11.9 Å². The summed E-state index contributed by atoms with van der Waals surface area (Å²) >= 11 is 3.98. The van der Waals surface area contributed by atoms with E-state index in [0.717, 1.165) is 46.3 Å². The highest BCUT2D eigenvalue weighted by Gasteiger charge is 2.25. The minimum atomic E-state index is -0.146. The standard InChI is InChI=1S/C24H24IN7OS/c1-14(33)31-21-8-17(6-7-27-21)20-9-19(23(34-20)24-29-13-30-32-24)22(28-12-15-10-26-11-15)16-2-4-18(25)5-3-16/h2-9,13,15,22,26,28H,10-12H2,1H3,(H,27,31,33)(H,29,30,32). The highest BCUT2D eigenvalue weighted by Crippen LogP contribution is 2.41. The lowest BCUT2D eigenvalue weighted by atomic mass is 9.96. The molecular weight excluding hydrogens is 561 g/mol. The van der Waals surface area contributed by atoms with Gasteiger partial charge in [-0.25, -0.2) is 4.98 Å². The Morgan fingerprint density at radius 3 is 2.74 bits per heavy atom. The molecule has 1 aliphatic heterocycles. The van der Waals surface area contributed by atoms with Crippen molar-refractivity contribution in [3.05, 3.63) is 69.7 Å². The van der Waals surface area contributed by atoms with E-state index in [4.69, 9.17) is 0 Å². The van der Waals surface area contributed by atoms with Gasteiger partial charge in [0, 0.05) is 41.2 Å². The number of aromatic nitrogens is 4. The van der Waals surface area contributed by atoms with Crippen molar-refractivity contribution >= 4 is 45.7 Å². The zero-order valence-electron chi connectivity index (χ0n) is 18.5. The van der Waals surface area contributed by atoms with Crippen LogP contribution in [0.5, 0.6) is 0 Å². The van der Waals surface area contributed by atoms with Gasteiger partial charge in [-0.1, -0.05) is 12.1 Å². The van der Waals surface area contributed by atoms with Gasteiger partial charge in [-0.3, -0.25) is 4.79 Å². The van der Waals surface area contributed by atoms with Crippen molar-refractivity contribution in [2.75, 3.05) is 25.0 Å². The van der Waals surface area contributed by atoms with Crippen LogP contribution >= 0.6 is 33.9 Å². The van der Waals surface area contributed by atoms with Gasteiger partial charge in [-0.15, -0.1) is 21.5 Å². The Balaban J connectivity index is 1.58. The smallest absolute Gasteiger partial charge is 0.222 e. The fourth-order valence-corrected chi connectivity index (χ4v) is 5.44. The fourth-order valence-electron chi connectivity index (χ4n) is 3.94. The average molecular weight is 585 g/mol. The van der Waals surface area contributed by atoms with Gasteiger partial charge >= 0.3 is 0 Å². The largest absolute Gasteiger partial charge is 0.327 e. The van der Waals surface area contributed by atoms with Crippen molar-refractivity contribution in [2.24, 2.45) is 5.92 Å². The predicted molar refractivity (Wildman–Crippen MR) is 143 cm³/mol. The lowest BCUT2D eigenvalue weighted by molar-refractivity contribution is -0.114. The molecule has 3 aromatic heterocycles. The fraction of sp³-hybridized carbons (Fsp3) is 0.250. The number of benzene rings is 1. The van der Waals surface area contributed by atoms with E-state index >= 15 is 0 Å². The Hall–Kier alpha value is -2.67. The number of rotatable bonds is 8. The van der Waals surface area contributed by atoms with Crippen molar-refractivity contribution in [3.8, 4) is 21.1 Å². The first-order valence-electron chi connectivity index (χ1n) is 11.0. The summed E-state index contributed by atoms with van der Waals surface area (Å²) in [6.45, 7) is 4.49. The summed E-state index contributed by atoms with van der Waals surface area (Å²) in [5.41, 5.74) is 3.33. The van der Waals surface area contributed by atoms with Crippen LogP contribution in [-0.2, 0) is 4.79 Å². The second kappa shape index (κ2) is 10.3. The molecule has 34 heavy (non-hydrogen) atoms. The Morgan fingerprint density at radius 2 is 2.06 bits per heavy atom. The summed E-state index contributed by atoms with van der Waals surface area (Å²) in [4.78, 5) is 21.1. The molecule has 0 bridgehead atoms. The number of H-pyrrole nitrogens is 1. The molecule has 174 valence electrons. The van der Waals surface area contributed by atoms with E-state index in [0.29, 0.717) is 11.7 Å². The first kappa shape index (κ1) is 23.1. The molecule has 4 heterocycles. The Labute approximate surface area is 215 Å². The average Bonchev–Trinajstić information content (AvgIpc) is 3.46. The highest BCUT2D eigenvalue weighted by atomic mass is 127. The van der Waals surface area contributed by atoms with E-state index in [9.17, 15) is 4.79 Å². The molecule has 1 saturated heterocycles. The van der Waals surface area contributed by atoms with E-state index in [1.807, 2.05) is 12.1 Å². The number of pyridine rings is 1. The Kier molecular flexibility index (Phi) is 6.99. The third-order valence-electron chi connectivity index (χ3n) is 5.73. The van der Waals surface area contributed by atoms with Crippen LogP contribution in [0, 0.1) is 9.49 Å². The maximum Gasteiger partial charge on any atom is 0.222 e. The Morgan fingerprint density at radius 1 is 1.24 bits per heavy atom. The second-order valence-corrected chi connectivity index (χ2v) is 10.6. The number of hydrogen-bond donors (Lipinski definition) is 4. The minimum absolute atomic E-state index is 0.000600. The number of thiophene rings is 1. The van der Waals surface area contributed by atoms with Crippen LogP contribution in [0.15, 0.2) is 55.0 Å². The predicted octanol–water partition coefficient (Wildman–Crippen LogP) is 4.06. The molecule has 5 rings (SSSR count). The molecule has 4 N–H and O–H groups in total. The molecule has 1 unspecified atom stereocenters. The SMILES string of the molecule is CC(=O)Nc1cc(-c2cc(C(NCC3CNC3)c3ccc(I)cc3)c(-c3nnc[nH]3)s2)ccn1. The lowest BCUT2D eigenvalue weighted by Gasteiger charge is -2.30. The molecule has 1 atom stereocenters. The summed E-state index contributed by atoms with van der Waals surface area (Å²) in [7, 11) is 0. The van der Waals surface area contributed by atoms with Gasteiger partial charge in [0.2, 0.25) is 5.91 Å². The molecule has 1 fully saturated rings. The maximum absolute atomic E-state index is 11.5. The summed E-state index contributed by atoms with van der Waals surface area (Å²) < 4.78 is 1.20. The zero-order valence-corrected chi connectivity index (χ0v) is 21.5. The van der Waals surface area contributed by atoms with Crippen LogP contribution in [0.25, 0.3) is 21.1 Å². The van der Waals surface area contributed by atoms with Crippen molar-refractivity contribution in [2.45, 2.75) is 13.0 Å². The molecule has 8 nitrogen and oxygen atoms in total. The monoisotopic (exact) mass is 585 g/mol. The van der Waals surface area contributed by atoms with E-state index in [2.05, 4.69) is 89.0 Å². The van der Waals surface area contributed by atoms with Crippen LogP contribution in [0.2, 0.25) is 0 Å². The summed E-state index contributed by atoms with van der Waals surface area (Å²) in [6, 6.07) is 14.7. The zero-order chi connectivity index (χ0) is 23.5. The second-order valence-electron chi connectivity index (χ2n) is 8.26. The molecule has 0 aliphatic carbocycles. The number of carbonyl (C=O) groups is 1. The van der Waals surface area contributed by atoms with Crippen LogP contribution in [0.4, 0.5) is 5.82 Å². The number of hydrogen-bond acceptors (Lipinski definition) is 7. The summed E-state index contributed by atoms with van der Waals surface area (Å²) in [5, 5.41) is 18.3. The van der Waals surface area contributed by atoms with Gasteiger partial charge in [0.1, 0.15) is 12.1 Å². The first-order valence-corrected chi connectivity index (χ1v) is 12.9. The number of aromatic amines is 1. The van der Waals surface area contributed by atoms with Gasteiger partial charge in [0.05, 0.1) is 10.9 Å². The molecule has 1 aliphatic rings. The molecule has 0 spiro atoms. The third-order valence-corrected chi connectivity index (χ3v) is 7.66. The van der Waals surface area contributed by atoms with Gasteiger partial charge in [0.25, 0.3) is 0 Å². The number of amides is 1. The number of nitrogens with zero attached hydrogens (tertiary/aromatic N) is 3. The van der Waals surface area contributed by atoms with Gasteiger partial charge in [0.15, 0.2) is 5.82 Å². The molecule has 1 amide bonds. The van der Waals surface area contributed by atoms with Gasteiger partial charge < -0.3 is 20.9 Å². The maximum atomic E-state index is 11.5. The minimum Gasteiger partial charge on any atom is -0.327 e. The van der Waals surface area contributed by atoms with E-state index in [1.54, 1.807) is 23.9 Å². The highest BCUT2D eigenvalue weighted by molar-refractivity contribution is 14.1. The van der Waals surface area contributed by atoms with Crippen molar-refractivity contribution in [1.29, 1.82) is 0 Å². The van der Waals surface area contributed by atoms with Gasteiger partial charge in [-0.2, -0.15) is 0 Å². The van der Waals surface area contributed by atoms with Crippen molar-refractivity contribution in [3.63, 3.8) is 0 Å². The van der Waals surface area contributed by atoms with E-state index < -0.39 is 0 Å². The molecule has 0 saturated carbocycles. The van der Waals surface area contributed by atoms with Crippen LogP contribution in [0.3, 0.4) is 0 Å². The molecule has 1 aromatic carbocycles. The number of carbonyl (C=O) groups excluding carboxylic acids is 1. The molecule has 4 aromatic rings. The lowest BCUT2D eigenvalue weighted by Crippen LogP contribution is -2.47. The normalized spacial score (nSPS) is 14.5.